The van der Waals surface area contributed by atoms with Gasteiger partial charge in [-0.25, -0.2) is 0 Å². The van der Waals surface area contributed by atoms with E-state index in [4.69, 9.17) is 17.3 Å². The summed E-state index contributed by atoms with van der Waals surface area (Å²) in [6, 6.07) is 7.82. The van der Waals surface area contributed by atoms with E-state index in [-0.39, 0.29) is 12.4 Å². The van der Waals surface area contributed by atoms with E-state index in [0.29, 0.717) is 0 Å². The van der Waals surface area contributed by atoms with Crippen molar-refractivity contribution < 1.29 is 9.47 Å². The van der Waals surface area contributed by atoms with Gasteiger partial charge >= 0.3 is 0 Å². The van der Waals surface area contributed by atoms with Gasteiger partial charge < -0.3 is 9.47 Å². The molecule has 0 amide bonds. The van der Waals surface area contributed by atoms with Crippen LogP contribution in [0.5, 0.6) is 0 Å². The van der Waals surface area contributed by atoms with Crippen LogP contribution in [0.4, 0.5) is 0 Å². The molecule has 2 rings (SSSR count). The monoisotopic (exact) mass is 216 g/mol. The van der Waals surface area contributed by atoms with Gasteiger partial charge in [-0.2, -0.15) is 0 Å². The van der Waals surface area contributed by atoms with Gasteiger partial charge in [-0.05, 0) is 31.7 Å². The first-order chi connectivity index (χ1) is 7.77. The smallest absolute Gasteiger partial charge is 0.158 e. The van der Waals surface area contributed by atoms with E-state index in [1.54, 1.807) is 0 Å². The number of rotatable bonds is 3. The van der Waals surface area contributed by atoms with Gasteiger partial charge in [0.1, 0.15) is 7.85 Å². The summed E-state index contributed by atoms with van der Waals surface area (Å²) in [5.41, 5.74) is 1.82. The third-order valence-electron chi connectivity index (χ3n) is 2.93. The predicted molar refractivity (Wildman–Crippen MR) is 64.9 cm³/mol. The molecule has 2 nitrogen and oxygen atoms in total. The highest BCUT2D eigenvalue weighted by molar-refractivity contribution is 6.33. The molecule has 1 heterocycles. The Morgan fingerprint density at radius 1 is 1.38 bits per heavy atom. The van der Waals surface area contributed by atoms with Crippen molar-refractivity contribution in [2.24, 2.45) is 0 Å². The lowest BCUT2D eigenvalue weighted by Crippen LogP contribution is -2.25. The molecule has 2 radical (unpaired) electrons. The normalized spacial score (nSPS) is 22.9. The highest BCUT2D eigenvalue weighted by Gasteiger charge is 2.18. The first kappa shape index (κ1) is 11.7. The van der Waals surface area contributed by atoms with E-state index < -0.39 is 0 Å². The molecule has 0 aliphatic carbocycles. The molecule has 0 aromatic heterocycles. The molecule has 1 aliphatic heterocycles. The number of hydrogen-bond donors (Lipinski definition) is 0. The van der Waals surface area contributed by atoms with Crippen LogP contribution in [0.3, 0.4) is 0 Å². The molecule has 1 aromatic carbocycles. The van der Waals surface area contributed by atoms with Gasteiger partial charge in [0.05, 0.1) is 6.10 Å². The Hall–Kier alpha value is -0.795. The maximum Gasteiger partial charge on any atom is 0.158 e. The minimum Gasteiger partial charge on any atom is -0.353 e. The molecule has 1 unspecified atom stereocenters. The quantitative estimate of drug-likeness (QED) is 0.720. The number of ether oxygens (including phenoxy) is 2. The molecular weight excluding hydrogens is 199 g/mol. The van der Waals surface area contributed by atoms with Crippen molar-refractivity contribution in [3.05, 3.63) is 29.8 Å². The molecule has 0 bridgehead atoms. The Labute approximate surface area is 98.4 Å². The summed E-state index contributed by atoms with van der Waals surface area (Å²) in [7, 11) is 5.91. The third-order valence-corrected chi connectivity index (χ3v) is 2.93. The van der Waals surface area contributed by atoms with E-state index in [0.717, 1.165) is 30.5 Å². The third kappa shape index (κ3) is 2.86. The molecule has 84 valence electrons. The molecular formula is C13H17BO2. The first-order valence-corrected chi connectivity index (χ1v) is 5.89. The summed E-state index contributed by atoms with van der Waals surface area (Å²) >= 11 is 0. The van der Waals surface area contributed by atoms with E-state index in [1.807, 2.05) is 31.2 Å². The van der Waals surface area contributed by atoms with E-state index in [1.165, 1.54) is 6.42 Å². The molecule has 2 atom stereocenters. The van der Waals surface area contributed by atoms with Crippen molar-refractivity contribution >= 4 is 13.3 Å². The Morgan fingerprint density at radius 3 is 2.88 bits per heavy atom. The lowest BCUT2D eigenvalue weighted by molar-refractivity contribution is -0.185. The molecule has 3 heteroatoms. The predicted octanol–water partition coefficient (Wildman–Crippen LogP) is 2.08. The lowest BCUT2D eigenvalue weighted by atomic mass is 9.88. The van der Waals surface area contributed by atoms with Crippen LogP contribution in [0.1, 0.15) is 37.9 Å². The minimum absolute atomic E-state index is 0.00991. The van der Waals surface area contributed by atoms with Crippen molar-refractivity contribution in [3.8, 4) is 0 Å². The molecule has 1 fully saturated rings. The van der Waals surface area contributed by atoms with Crippen LogP contribution >= 0.6 is 0 Å². The van der Waals surface area contributed by atoms with Crippen LogP contribution in [0, 0.1) is 0 Å². The molecule has 1 aliphatic rings. The van der Waals surface area contributed by atoms with Crippen molar-refractivity contribution in [1.29, 1.82) is 0 Å². The second-order valence-electron chi connectivity index (χ2n) is 4.20. The molecule has 0 N–H and O–H groups in total. The summed E-state index contributed by atoms with van der Waals surface area (Å²) in [5.74, 6) is 0. The molecule has 1 saturated heterocycles. The van der Waals surface area contributed by atoms with Gasteiger partial charge in [0.2, 0.25) is 0 Å². The Morgan fingerprint density at radius 2 is 2.19 bits per heavy atom. The fourth-order valence-corrected chi connectivity index (χ4v) is 2.00. The maximum atomic E-state index is 5.91. The van der Waals surface area contributed by atoms with Gasteiger partial charge in [0.25, 0.3) is 0 Å². The summed E-state index contributed by atoms with van der Waals surface area (Å²) < 4.78 is 11.4. The summed E-state index contributed by atoms with van der Waals surface area (Å²) in [6.45, 7) is 2.82. The average Bonchev–Trinajstić information content (AvgIpc) is 2.31. The number of benzene rings is 1. The average molecular weight is 216 g/mol. The fourth-order valence-electron chi connectivity index (χ4n) is 2.00. The summed E-state index contributed by atoms with van der Waals surface area (Å²) in [4.78, 5) is 0. The molecule has 16 heavy (non-hydrogen) atoms. The van der Waals surface area contributed by atoms with Crippen LogP contribution in [0.15, 0.2) is 24.3 Å². The van der Waals surface area contributed by atoms with Crippen molar-refractivity contribution in [1.82, 2.24) is 0 Å². The van der Waals surface area contributed by atoms with Gasteiger partial charge in [-0.3, -0.25) is 0 Å². The Balaban J connectivity index is 1.96. The van der Waals surface area contributed by atoms with Gasteiger partial charge in [-0.15, -0.1) is 0 Å². The van der Waals surface area contributed by atoms with Crippen LogP contribution in [0.2, 0.25) is 0 Å². The first-order valence-electron chi connectivity index (χ1n) is 5.89. The van der Waals surface area contributed by atoms with Gasteiger partial charge in [0, 0.05) is 6.61 Å². The summed E-state index contributed by atoms with van der Waals surface area (Å²) in [5, 5.41) is 0. The van der Waals surface area contributed by atoms with Crippen LogP contribution in [0.25, 0.3) is 0 Å². The Kier molecular flexibility index (Phi) is 4.02. The van der Waals surface area contributed by atoms with Crippen LogP contribution in [-0.4, -0.2) is 20.7 Å². The lowest BCUT2D eigenvalue weighted by Gasteiger charge is -2.26. The fraction of sp³-hybridized carbons (Fsp3) is 0.538. The summed E-state index contributed by atoms with van der Waals surface area (Å²) in [6.07, 6.45) is 3.23. The zero-order valence-electron chi connectivity index (χ0n) is 9.69. The highest BCUT2D eigenvalue weighted by Crippen LogP contribution is 2.22. The van der Waals surface area contributed by atoms with Crippen LogP contribution in [-0.2, 0) is 9.47 Å². The van der Waals surface area contributed by atoms with Gasteiger partial charge in [0.15, 0.2) is 6.29 Å². The highest BCUT2D eigenvalue weighted by atomic mass is 16.7. The zero-order chi connectivity index (χ0) is 11.4. The number of hydrogen-bond acceptors (Lipinski definition) is 2. The maximum absolute atomic E-state index is 5.91. The Bertz CT molecular complexity index is 334. The molecule has 0 saturated carbocycles. The standard InChI is InChI=1S/C13H17BO2/c1-10(11-6-2-3-7-12(11)14)16-13-8-4-5-9-15-13/h2-3,6-7,10,13H,4-5,8-9H2,1H3/t10-,13?/m1/s1. The van der Waals surface area contributed by atoms with Crippen LogP contribution < -0.4 is 5.46 Å². The van der Waals surface area contributed by atoms with Crippen molar-refractivity contribution in [2.75, 3.05) is 6.61 Å². The second-order valence-corrected chi connectivity index (χ2v) is 4.20. The largest absolute Gasteiger partial charge is 0.353 e. The van der Waals surface area contributed by atoms with Gasteiger partial charge in [-0.1, -0.05) is 29.7 Å². The topological polar surface area (TPSA) is 18.5 Å². The molecule has 1 aromatic rings. The van der Waals surface area contributed by atoms with E-state index >= 15 is 0 Å². The minimum atomic E-state index is -0.0663. The molecule has 0 spiro atoms. The van der Waals surface area contributed by atoms with Crippen molar-refractivity contribution in [3.63, 3.8) is 0 Å². The second kappa shape index (κ2) is 5.51. The zero-order valence-corrected chi connectivity index (χ0v) is 9.69. The van der Waals surface area contributed by atoms with Crippen molar-refractivity contribution in [2.45, 2.75) is 38.6 Å². The SMILES string of the molecule is [B]c1ccccc1[C@@H](C)OC1CCCCO1. The van der Waals surface area contributed by atoms with E-state index in [9.17, 15) is 0 Å². The van der Waals surface area contributed by atoms with E-state index in [2.05, 4.69) is 0 Å².